The van der Waals surface area contributed by atoms with E-state index in [1.807, 2.05) is 26.0 Å². The first-order chi connectivity index (χ1) is 14.4. The number of carbonyl (C=O) groups excluding carboxylic acids is 1. The molecule has 1 N–H and O–H groups in total. The number of aliphatic hydroxyl groups is 1. The molecule has 1 amide bonds. The highest BCUT2D eigenvalue weighted by molar-refractivity contribution is 5.99. The van der Waals surface area contributed by atoms with Crippen molar-refractivity contribution in [2.75, 3.05) is 38.8 Å². The fraction of sp³-hybridized carbons (Fsp3) is 0.500. The highest BCUT2D eigenvalue weighted by atomic mass is 16.5. The number of amides is 1. The summed E-state index contributed by atoms with van der Waals surface area (Å²) in [7, 11) is 3.30. The fourth-order valence-electron chi connectivity index (χ4n) is 4.18. The number of anilines is 1. The lowest BCUT2D eigenvalue weighted by Gasteiger charge is -2.35. The van der Waals surface area contributed by atoms with Crippen molar-refractivity contribution in [3.63, 3.8) is 0 Å². The molecule has 2 aromatic rings. The molecule has 0 unspecified atom stereocenters. The molecule has 2 aliphatic heterocycles. The average Bonchev–Trinajstić information content (AvgIpc) is 2.95. The van der Waals surface area contributed by atoms with Crippen molar-refractivity contribution in [3.05, 3.63) is 41.2 Å². The standard InChI is InChI=1S/C22H28N4O4/c1-14-11-17-19(22(2,13-27)25(3)21(17)28)24-20(14)26-9-7-15(8-10-26)30-16-5-6-18(29-4)23-12-16/h5-6,11-12,15,27H,7-10,13H2,1-4H3/t22-/m1/s1. The Kier molecular flexibility index (Phi) is 5.27. The maximum absolute atomic E-state index is 12.6. The van der Waals surface area contributed by atoms with E-state index >= 15 is 0 Å². The van der Waals surface area contributed by atoms with Crippen LogP contribution in [0, 0.1) is 6.92 Å². The zero-order chi connectivity index (χ0) is 21.5. The minimum Gasteiger partial charge on any atom is -0.489 e. The molecule has 1 saturated heterocycles. The van der Waals surface area contributed by atoms with Crippen LogP contribution in [0.25, 0.3) is 0 Å². The van der Waals surface area contributed by atoms with E-state index in [1.165, 1.54) is 0 Å². The predicted octanol–water partition coefficient (Wildman–Crippen LogP) is 2.13. The van der Waals surface area contributed by atoms with Gasteiger partial charge in [-0.05, 0) is 31.5 Å². The second kappa shape index (κ2) is 7.75. The molecule has 1 atom stereocenters. The summed E-state index contributed by atoms with van der Waals surface area (Å²) in [6.45, 7) is 5.28. The SMILES string of the molecule is COc1ccc(OC2CCN(c3nc4c(cc3C)C(=O)N(C)[C@]4(C)CO)CC2)cn1. The van der Waals surface area contributed by atoms with Crippen LogP contribution in [0.3, 0.4) is 0 Å². The number of carbonyl (C=O) groups is 1. The topological polar surface area (TPSA) is 88.0 Å². The van der Waals surface area contributed by atoms with E-state index in [4.69, 9.17) is 14.5 Å². The van der Waals surface area contributed by atoms with Gasteiger partial charge in [0, 0.05) is 39.0 Å². The molecule has 8 heteroatoms. The third-order valence-corrected chi connectivity index (χ3v) is 6.24. The van der Waals surface area contributed by atoms with Crippen LogP contribution in [0.5, 0.6) is 11.6 Å². The highest BCUT2D eigenvalue weighted by Gasteiger charge is 2.46. The van der Waals surface area contributed by atoms with Crippen molar-refractivity contribution < 1.29 is 19.4 Å². The van der Waals surface area contributed by atoms with Crippen molar-refractivity contribution in [3.8, 4) is 11.6 Å². The summed E-state index contributed by atoms with van der Waals surface area (Å²) in [5.41, 5.74) is 1.41. The lowest BCUT2D eigenvalue weighted by Crippen LogP contribution is -2.42. The van der Waals surface area contributed by atoms with Gasteiger partial charge in [0.05, 0.1) is 31.2 Å². The normalized spacial score (nSPS) is 21.7. The van der Waals surface area contributed by atoms with Gasteiger partial charge in [0.1, 0.15) is 23.2 Å². The van der Waals surface area contributed by atoms with E-state index < -0.39 is 5.54 Å². The molecule has 30 heavy (non-hydrogen) atoms. The Morgan fingerprint density at radius 1 is 1.30 bits per heavy atom. The van der Waals surface area contributed by atoms with E-state index in [2.05, 4.69) is 9.88 Å². The average molecular weight is 412 g/mol. The molecular weight excluding hydrogens is 384 g/mol. The number of nitrogens with zero attached hydrogens (tertiary/aromatic N) is 4. The summed E-state index contributed by atoms with van der Waals surface area (Å²) in [6.07, 6.45) is 3.52. The second-order valence-corrected chi connectivity index (χ2v) is 8.16. The van der Waals surface area contributed by atoms with Crippen LogP contribution in [-0.2, 0) is 5.54 Å². The van der Waals surface area contributed by atoms with Crippen LogP contribution in [0.4, 0.5) is 5.82 Å². The summed E-state index contributed by atoms with van der Waals surface area (Å²) in [6, 6.07) is 5.56. The van der Waals surface area contributed by atoms with Crippen molar-refractivity contribution in [1.29, 1.82) is 0 Å². The molecule has 0 saturated carbocycles. The molecule has 0 spiro atoms. The van der Waals surface area contributed by atoms with E-state index in [0.717, 1.165) is 43.1 Å². The van der Waals surface area contributed by atoms with Gasteiger partial charge in [-0.1, -0.05) is 0 Å². The summed E-state index contributed by atoms with van der Waals surface area (Å²) in [5, 5.41) is 9.96. The van der Waals surface area contributed by atoms with Gasteiger partial charge in [-0.2, -0.15) is 0 Å². The lowest BCUT2D eigenvalue weighted by molar-refractivity contribution is 0.0488. The number of hydrogen-bond donors (Lipinski definition) is 1. The minimum atomic E-state index is -0.794. The number of fused-ring (bicyclic) bond motifs is 1. The number of aliphatic hydroxyl groups excluding tert-OH is 1. The molecule has 160 valence electrons. The van der Waals surface area contributed by atoms with Gasteiger partial charge in [0.25, 0.3) is 5.91 Å². The smallest absolute Gasteiger partial charge is 0.256 e. The van der Waals surface area contributed by atoms with Crippen LogP contribution in [-0.4, -0.2) is 65.8 Å². The van der Waals surface area contributed by atoms with Crippen molar-refractivity contribution in [2.45, 2.75) is 38.3 Å². The number of likely N-dealkylation sites (N-methyl/N-ethyl adjacent to an activating group) is 1. The first kappa shape index (κ1) is 20.4. The number of rotatable bonds is 5. The number of pyridine rings is 2. The lowest BCUT2D eigenvalue weighted by atomic mass is 9.97. The Labute approximate surface area is 176 Å². The molecule has 0 aromatic carbocycles. The fourth-order valence-corrected chi connectivity index (χ4v) is 4.18. The third-order valence-electron chi connectivity index (χ3n) is 6.24. The number of ether oxygens (including phenoxy) is 2. The summed E-state index contributed by atoms with van der Waals surface area (Å²) >= 11 is 0. The van der Waals surface area contributed by atoms with Gasteiger partial charge in [-0.3, -0.25) is 4.79 Å². The summed E-state index contributed by atoms with van der Waals surface area (Å²) < 4.78 is 11.2. The molecule has 0 radical (unpaired) electrons. The van der Waals surface area contributed by atoms with Gasteiger partial charge < -0.3 is 24.4 Å². The van der Waals surface area contributed by atoms with Crippen LogP contribution >= 0.6 is 0 Å². The minimum absolute atomic E-state index is 0.0936. The van der Waals surface area contributed by atoms with Crippen molar-refractivity contribution >= 4 is 11.7 Å². The van der Waals surface area contributed by atoms with Crippen LogP contribution < -0.4 is 14.4 Å². The predicted molar refractivity (Wildman–Crippen MR) is 112 cm³/mol. The number of aryl methyl sites for hydroxylation is 1. The molecule has 0 bridgehead atoms. The molecule has 4 rings (SSSR count). The summed E-state index contributed by atoms with van der Waals surface area (Å²) in [5.74, 6) is 2.08. The number of hydrogen-bond acceptors (Lipinski definition) is 7. The van der Waals surface area contributed by atoms with Crippen molar-refractivity contribution in [2.24, 2.45) is 0 Å². The summed E-state index contributed by atoms with van der Waals surface area (Å²) in [4.78, 5) is 25.5. The molecule has 0 aliphatic carbocycles. The molecule has 2 aliphatic rings. The largest absolute Gasteiger partial charge is 0.489 e. The maximum atomic E-state index is 12.6. The number of aromatic nitrogens is 2. The maximum Gasteiger partial charge on any atom is 0.256 e. The van der Waals surface area contributed by atoms with E-state index in [-0.39, 0.29) is 18.6 Å². The molecule has 2 aromatic heterocycles. The van der Waals surface area contributed by atoms with Gasteiger partial charge in [0.2, 0.25) is 5.88 Å². The molecule has 1 fully saturated rings. The molecule has 8 nitrogen and oxygen atoms in total. The van der Waals surface area contributed by atoms with E-state index in [0.29, 0.717) is 17.1 Å². The highest BCUT2D eigenvalue weighted by Crippen LogP contribution is 2.39. The Morgan fingerprint density at radius 2 is 2.03 bits per heavy atom. The second-order valence-electron chi connectivity index (χ2n) is 8.16. The Bertz CT molecular complexity index is 941. The first-order valence-electron chi connectivity index (χ1n) is 10.2. The quantitative estimate of drug-likeness (QED) is 0.805. The van der Waals surface area contributed by atoms with Gasteiger partial charge in [-0.15, -0.1) is 0 Å². The Hall–Kier alpha value is -2.87. The van der Waals surface area contributed by atoms with E-state index in [9.17, 15) is 9.90 Å². The van der Waals surface area contributed by atoms with Gasteiger partial charge in [-0.25, -0.2) is 9.97 Å². The zero-order valence-corrected chi connectivity index (χ0v) is 17.9. The monoisotopic (exact) mass is 412 g/mol. The number of methoxy groups -OCH3 is 1. The Morgan fingerprint density at radius 3 is 2.63 bits per heavy atom. The number of piperidine rings is 1. The third kappa shape index (κ3) is 3.35. The van der Waals surface area contributed by atoms with E-state index in [1.54, 1.807) is 31.3 Å². The van der Waals surface area contributed by atoms with Crippen LogP contribution in [0.2, 0.25) is 0 Å². The van der Waals surface area contributed by atoms with Crippen LogP contribution in [0.1, 0.15) is 41.4 Å². The zero-order valence-electron chi connectivity index (χ0n) is 17.9. The van der Waals surface area contributed by atoms with Gasteiger partial charge in [0.15, 0.2) is 0 Å². The van der Waals surface area contributed by atoms with Crippen molar-refractivity contribution in [1.82, 2.24) is 14.9 Å². The molecular formula is C22H28N4O4. The van der Waals surface area contributed by atoms with Crippen LogP contribution in [0.15, 0.2) is 24.4 Å². The Balaban J connectivity index is 1.48. The van der Waals surface area contributed by atoms with Gasteiger partial charge >= 0.3 is 0 Å². The molecule has 4 heterocycles. The first-order valence-corrected chi connectivity index (χ1v) is 10.2.